The summed E-state index contributed by atoms with van der Waals surface area (Å²) in [7, 11) is 0. The molecule has 0 heterocycles. The number of halogens is 1. The number of hydrogen-bond donors (Lipinski definition) is 1. The van der Waals surface area contributed by atoms with Crippen LogP contribution >= 0.6 is 0 Å². The molecular formula is C23H25FN2O. The Balaban J connectivity index is 2.60. The third-order valence-electron chi connectivity index (χ3n) is 4.37. The van der Waals surface area contributed by atoms with Gasteiger partial charge in [0.1, 0.15) is 11.9 Å². The number of rotatable bonds is 3. The first-order chi connectivity index (χ1) is 12.5. The average Bonchev–Trinajstić information content (AvgIpc) is 2.55. The van der Waals surface area contributed by atoms with Gasteiger partial charge in [0.2, 0.25) is 0 Å². The van der Waals surface area contributed by atoms with Crippen LogP contribution in [0.5, 0.6) is 0 Å². The summed E-state index contributed by atoms with van der Waals surface area (Å²) < 4.78 is 13.8. The quantitative estimate of drug-likeness (QED) is 0.735. The molecular weight excluding hydrogens is 339 g/mol. The van der Waals surface area contributed by atoms with Crippen molar-refractivity contribution in [2.24, 2.45) is 5.41 Å². The molecule has 0 aliphatic rings. The van der Waals surface area contributed by atoms with Crippen LogP contribution in [0.15, 0.2) is 42.1 Å². The van der Waals surface area contributed by atoms with Gasteiger partial charge in [0.15, 0.2) is 0 Å². The van der Waals surface area contributed by atoms with Gasteiger partial charge in [-0.15, -0.1) is 0 Å². The Morgan fingerprint density at radius 2 is 1.67 bits per heavy atom. The maximum Gasteiger partial charge on any atom is 0.255 e. The van der Waals surface area contributed by atoms with Gasteiger partial charge in [0.05, 0.1) is 5.57 Å². The van der Waals surface area contributed by atoms with Crippen molar-refractivity contribution in [3.8, 4) is 6.07 Å². The van der Waals surface area contributed by atoms with E-state index in [4.69, 9.17) is 0 Å². The minimum Gasteiger partial charge on any atom is -0.324 e. The summed E-state index contributed by atoms with van der Waals surface area (Å²) in [6.45, 7) is 11.3. The summed E-state index contributed by atoms with van der Waals surface area (Å²) >= 11 is 0. The zero-order valence-electron chi connectivity index (χ0n) is 16.7. The van der Waals surface area contributed by atoms with E-state index in [0.717, 1.165) is 16.7 Å². The topological polar surface area (TPSA) is 52.9 Å². The largest absolute Gasteiger partial charge is 0.324 e. The number of allylic oxidation sites excluding steroid dienone is 2. The molecule has 0 aromatic heterocycles. The van der Waals surface area contributed by atoms with E-state index >= 15 is 0 Å². The van der Waals surface area contributed by atoms with Crippen molar-refractivity contribution < 1.29 is 9.18 Å². The molecule has 3 nitrogen and oxygen atoms in total. The second-order valence-corrected chi connectivity index (χ2v) is 7.85. The van der Waals surface area contributed by atoms with E-state index in [0.29, 0.717) is 11.3 Å². The highest BCUT2D eigenvalue weighted by atomic mass is 19.1. The van der Waals surface area contributed by atoms with E-state index in [-0.39, 0.29) is 11.1 Å². The predicted octanol–water partition coefficient (Wildman–Crippen LogP) is 5.46. The van der Waals surface area contributed by atoms with E-state index in [2.05, 4.69) is 11.4 Å². The fourth-order valence-corrected chi connectivity index (χ4v) is 3.04. The molecule has 4 heteroatoms. The Morgan fingerprint density at radius 3 is 2.19 bits per heavy atom. The lowest BCUT2D eigenvalue weighted by Gasteiger charge is -2.26. The van der Waals surface area contributed by atoms with Crippen molar-refractivity contribution in [3.05, 3.63) is 75.7 Å². The van der Waals surface area contributed by atoms with E-state index in [1.54, 1.807) is 13.0 Å². The van der Waals surface area contributed by atoms with E-state index in [1.165, 1.54) is 12.1 Å². The second kappa shape index (κ2) is 7.75. The lowest BCUT2D eigenvalue weighted by molar-refractivity contribution is 0.0957. The third-order valence-corrected chi connectivity index (χ3v) is 4.37. The van der Waals surface area contributed by atoms with Crippen molar-refractivity contribution in [2.75, 3.05) is 0 Å². The van der Waals surface area contributed by atoms with E-state index < -0.39 is 17.1 Å². The number of carbonyl (C=O) groups is 1. The van der Waals surface area contributed by atoms with Crippen LogP contribution < -0.4 is 5.32 Å². The second-order valence-electron chi connectivity index (χ2n) is 7.85. The van der Waals surface area contributed by atoms with Crippen LogP contribution in [0, 0.1) is 43.3 Å². The number of benzene rings is 2. The zero-order valence-corrected chi connectivity index (χ0v) is 16.7. The van der Waals surface area contributed by atoms with Gasteiger partial charge in [0, 0.05) is 16.7 Å². The standard InChI is InChI=1S/C23H25FN2O/c1-14-10-15(2)12-17(11-14)19(13-25)21(23(4,5)6)26-22(27)18-8-7-9-20(24)16(18)3/h7-12H,1-6H3,(H,26,27)/b21-19-. The van der Waals surface area contributed by atoms with Crippen molar-refractivity contribution in [2.45, 2.75) is 41.5 Å². The Morgan fingerprint density at radius 1 is 1.07 bits per heavy atom. The summed E-state index contributed by atoms with van der Waals surface area (Å²) in [4.78, 5) is 12.8. The molecule has 0 saturated heterocycles. The number of hydrogen-bond acceptors (Lipinski definition) is 2. The number of nitrogens with zero attached hydrogens (tertiary/aromatic N) is 1. The van der Waals surface area contributed by atoms with Gasteiger partial charge in [-0.1, -0.05) is 56.2 Å². The Labute approximate surface area is 160 Å². The number of nitrogens with one attached hydrogen (secondary N) is 1. The van der Waals surface area contributed by atoms with Gasteiger partial charge in [0.25, 0.3) is 5.91 Å². The van der Waals surface area contributed by atoms with Crippen LogP contribution in [0.3, 0.4) is 0 Å². The van der Waals surface area contributed by atoms with Gasteiger partial charge >= 0.3 is 0 Å². The molecule has 1 amide bonds. The van der Waals surface area contributed by atoms with Gasteiger partial charge < -0.3 is 5.32 Å². The normalized spacial score (nSPS) is 12.2. The Bertz CT molecular complexity index is 939. The number of carbonyl (C=O) groups excluding carboxylic acids is 1. The fraction of sp³-hybridized carbons (Fsp3) is 0.304. The number of amides is 1. The average molecular weight is 364 g/mol. The molecule has 2 aromatic rings. The first-order valence-electron chi connectivity index (χ1n) is 8.84. The molecule has 0 aliphatic carbocycles. The van der Waals surface area contributed by atoms with Crippen molar-refractivity contribution in [1.29, 1.82) is 5.26 Å². The SMILES string of the molecule is Cc1cc(C)cc(/C(C#N)=C(\NC(=O)c2cccc(F)c2C)C(C)(C)C)c1. The molecule has 0 radical (unpaired) electrons. The molecule has 2 aromatic carbocycles. The van der Waals surface area contributed by atoms with Crippen LogP contribution in [0.4, 0.5) is 4.39 Å². The molecule has 0 aliphatic heterocycles. The highest BCUT2D eigenvalue weighted by Gasteiger charge is 2.26. The highest BCUT2D eigenvalue weighted by Crippen LogP contribution is 2.31. The molecule has 2 rings (SSSR count). The molecule has 0 fully saturated rings. The maximum atomic E-state index is 13.8. The molecule has 0 bridgehead atoms. The van der Waals surface area contributed by atoms with Crippen molar-refractivity contribution in [1.82, 2.24) is 5.32 Å². The van der Waals surface area contributed by atoms with Gasteiger partial charge in [-0.05, 0) is 44.0 Å². The van der Waals surface area contributed by atoms with Gasteiger partial charge in [-0.2, -0.15) is 5.26 Å². The predicted molar refractivity (Wildman–Crippen MR) is 107 cm³/mol. The summed E-state index contributed by atoms with van der Waals surface area (Å²) in [5, 5.41) is 12.7. The summed E-state index contributed by atoms with van der Waals surface area (Å²) in [5.41, 5.74) is 3.83. The first kappa shape index (κ1) is 20.4. The lowest BCUT2D eigenvalue weighted by Crippen LogP contribution is -2.32. The highest BCUT2D eigenvalue weighted by molar-refractivity contribution is 5.98. The summed E-state index contributed by atoms with van der Waals surface area (Å²) in [5.74, 6) is -0.854. The van der Waals surface area contributed by atoms with Crippen LogP contribution in [-0.2, 0) is 0 Å². The first-order valence-corrected chi connectivity index (χ1v) is 8.84. The summed E-state index contributed by atoms with van der Waals surface area (Å²) in [6.07, 6.45) is 0. The van der Waals surface area contributed by atoms with Crippen LogP contribution in [-0.4, -0.2) is 5.91 Å². The summed E-state index contributed by atoms with van der Waals surface area (Å²) in [6, 6.07) is 12.5. The molecule has 0 saturated carbocycles. The maximum absolute atomic E-state index is 13.8. The minimum atomic E-state index is -0.487. The van der Waals surface area contributed by atoms with Crippen LogP contribution in [0.25, 0.3) is 5.57 Å². The molecule has 27 heavy (non-hydrogen) atoms. The van der Waals surface area contributed by atoms with Crippen molar-refractivity contribution >= 4 is 11.5 Å². The van der Waals surface area contributed by atoms with Crippen LogP contribution in [0.1, 0.15) is 53.4 Å². The van der Waals surface area contributed by atoms with Gasteiger partial charge in [-0.25, -0.2) is 4.39 Å². The molecule has 0 atom stereocenters. The molecule has 0 unspecified atom stereocenters. The zero-order chi connectivity index (χ0) is 20.4. The number of aryl methyl sites for hydroxylation is 2. The van der Waals surface area contributed by atoms with E-state index in [1.807, 2.05) is 52.8 Å². The third kappa shape index (κ3) is 4.62. The van der Waals surface area contributed by atoms with Crippen LogP contribution in [0.2, 0.25) is 0 Å². The molecule has 0 spiro atoms. The minimum absolute atomic E-state index is 0.259. The van der Waals surface area contributed by atoms with Gasteiger partial charge in [-0.3, -0.25) is 4.79 Å². The monoisotopic (exact) mass is 364 g/mol. The molecule has 1 N–H and O–H groups in total. The Hall–Kier alpha value is -2.93. The fourth-order valence-electron chi connectivity index (χ4n) is 3.04. The Kier molecular flexibility index (Phi) is 5.85. The lowest BCUT2D eigenvalue weighted by atomic mass is 9.86. The smallest absolute Gasteiger partial charge is 0.255 e. The number of nitriles is 1. The van der Waals surface area contributed by atoms with Crippen molar-refractivity contribution in [3.63, 3.8) is 0 Å². The molecule has 140 valence electrons. The van der Waals surface area contributed by atoms with E-state index in [9.17, 15) is 14.4 Å².